The van der Waals surface area contributed by atoms with Gasteiger partial charge in [-0.25, -0.2) is 5.84 Å². The smallest absolute Gasteiger partial charge is 0.205 e. The van der Waals surface area contributed by atoms with E-state index >= 15 is 0 Å². The van der Waals surface area contributed by atoms with Gasteiger partial charge in [-0.15, -0.1) is 0 Å². The third-order valence-corrected chi connectivity index (χ3v) is 3.11. The van der Waals surface area contributed by atoms with Crippen LogP contribution in [-0.4, -0.2) is 18.5 Å². The van der Waals surface area contributed by atoms with Crippen molar-refractivity contribution in [2.75, 3.05) is 6.54 Å². The number of rotatable bonds is 4. The molecule has 0 radical (unpaired) electrons. The zero-order valence-electron chi connectivity index (χ0n) is 10.5. The lowest BCUT2D eigenvalue weighted by Gasteiger charge is -2.18. The molecule has 1 fully saturated rings. The number of hydrogen-bond donors (Lipinski definition) is 3. The molecular weight excluding hydrogens is 200 g/mol. The minimum absolute atomic E-state index is 0.555. The first kappa shape index (κ1) is 13.3. The average molecular weight is 226 g/mol. The first-order valence-corrected chi connectivity index (χ1v) is 6.64. The van der Waals surface area contributed by atoms with Gasteiger partial charge in [0.1, 0.15) is 0 Å². The second-order valence-electron chi connectivity index (χ2n) is 4.56. The Kier molecular flexibility index (Phi) is 6.97. The minimum Gasteiger partial charge on any atom is -0.353 e. The molecular formula is C12H26N4. The molecule has 0 heterocycles. The molecule has 4 nitrogen and oxygen atoms in total. The van der Waals surface area contributed by atoms with E-state index < -0.39 is 0 Å². The second kappa shape index (κ2) is 8.39. The van der Waals surface area contributed by atoms with Gasteiger partial charge in [0.05, 0.1) is 0 Å². The molecule has 0 unspecified atom stereocenters. The Morgan fingerprint density at radius 2 is 1.94 bits per heavy atom. The molecule has 0 saturated heterocycles. The molecule has 0 aromatic heterocycles. The van der Waals surface area contributed by atoms with Gasteiger partial charge in [-0.1, -0.05) is 39.0 Å². The van der Waals surface area contributed by atoms with Crippen LogP contribution in [0.4, 0.5) is 0 Å². The monoisotopic (exact) mass is 226 g/mol. The Morgan fingerprint density at radius 1 is 1.25 bits per heavy atom. The third kappa shape index (κ3) is 5.35. The topological polar surface area (TPSA) is 62.4 Å². The summed E-state index contributed by atoms with van der Waals surface area (Å²) in [4.78, 5) is 4.43. The summed E-state index contributed by atoms with van der Waals surface area (Å²) < 4.78 is 0. The zero-order chi connectivity index (χ0) is 11.6. The lowest BCUT2D eigenvalue weighted by atomic mass is 10.1. The van der Waals surface area contributed by atoms with Gasteiger partial charge in [-0.05, 0) is 19.3 Å². The van der Waals surface area contributed by atoms with Crippen LogP contribution in [0.25, 0.3) is 0 Å². The van der Waals surface area contributed by atoms with Crippen molar-refractivity contribution in [3.05, 3.63) is 0 Å². The van der Waals surface area contributed by atoms with Crippen LogP contribution >= 0.6 is 0 Å². The number of hydrazine groups is 1. The molecule has 16 heavy (non-hydrogen) atoms. The maximum absolute atomic E-state index is 5.47. The Balaban J connectivity index is 2.32. The van der Waals surface area contributed by atoms with Crippen molar-refractivity contribution in [3.63, 3.8) is 0 Å². The lowest BCUT2D eigenvalue weighted by molar-refractivity contribution is 0.524. The van der Waals surface area contributed by atoms with Crippen LogP contribution in [0.1, 0.15) is 58.3 Å². The Hall–Kier alpha value is -0.770. The van der Waals surface area contributed by atoms with Crippen molar-refractivity contribution in [1.82, 2.24) is 10.7 Å². The van der Waals surface area contributed by atoms with Gasteiger partial charge in [-0.3, -0.25) is 10.4 Å². The molecule has 0 aliphatic heterocycles. The van der Waals surface area contributed by atoms with Gasteiger partial charge in [-0.2, -0.15) is 0 Å². The maximum atomic E-state index is 5.47. The van der Waals surface area contributed by atoms with Gasteiger partial charge in [0, 0.05) is 12.6 Å². The number of nitrogens with zero attached hydrogens (tertiary/aromatic N) is 1. The molecule has 1 aliphatic rings. The number of unbranched alkanes of at least 4 members (excludes halogenated alkanes) is 1. The van der Waals surface area contributed by atoms with Crippen LogP contribution in [0.15, 0.2) is 4.99 Å². The summed E-state index contributed by atoms with van der Waals surface area (Å²) >= 11 is 0. The molecule has 1 saturated carbocycles. The predicted octanol–water partition coefficient (Wildman–Crippen LogP) is 1.92. The highest BCUT2D eigenvalue weighted by atomic mass is 15.3. The molecule has 0 amide bonds. The summed E-state index contributed by atoms with van der Waals surface area (Å²) in [5.74, 6) is 6.23. The highest BCUT2D eigenvalue weighted by molar-refractivity contribution is 5.79. The summed E-state index contributed by atoms with van der Waals surface area (Å²) in [6.45, 7) is 3.03. The van der Waals surface area contributed by atoms with Crippen molar-refractivity contribution in [3.8, 4) is 0 Å². The molecule has 1 aliphatic carbocycles. The van der Waals surface area contributed by atoms with E-state index in [4.69, 9.17) is 5.84 Å². The maximum Gasteiger partial charge on any atom is 0.205 e. The fourth-order valence-electron chi connectivity index (χ4n) is 2.10. The third-order valence-electron chi connectivity index (χ3n) is 3.11. The minimum atomic E-state index is 0.555. The molecule has 94 valence electrons. The van der Waals surface area contributed by atoms with E-state index in [2.05, 4.69) is 22.7 Å². The first-order chi connectivity index (χ1) is 7.86. The van der Waals surface area contributed by atoms with E-state index in [1.54, 1.807) is 0 Å². The number of aliphatic imine (C=N–C) groups is 1. The van der Waals surface area contributed by atoms with Crippen LogP contribution in [0, 0.1) is 0 Å². The average Bonchev–Trinajstić information content (AvgIpc) is 2.56. The molecule has 0 spiro atoms. The molecule has 4 heteroatoms. The molecule has 0 atom stereocenters. The Bertz CT molecular complexity index is 195. The zero-order valence-corrected chi connectivity index (χ0v) is 10.5. The van der Waals surface area contributed by atoms with Crippen molar-refractivity contribution < 1.29 is 0 Å². The van der Waals surface area contributed by atoms with Crippen LogP contribution in [0.3, 0.4) is 0 Å². The van der Waals surface area contributed by atoms with Crippen molar-refractivity contribution in [1.29, 1.82) is 0 Å². The van der Waals surface area contributed by atoms with E-state index in [1.165, 1.54) is 44.9 Å². The highest BCUT2D eigenvalue weighted by Gasteiger charge is 2.12. The van der Waals surface area contributed by atoms with E-state index in [-0.39, 0.29) is 0 Å². The lowest BCUT2D eigenvalue weighted by Crippen LogP contribution is -2.46. The highest BCUT2D eigenvalue weighted by Crippen LogP contribution is 2.16. The number of nitrogens with two attached hydrogens (primary N) is 1. The molecule has 1 rings (SSSR count). The van der Waals surface area contributed by atoms with E-state index in [9.17, 15) is 0 Å². The molecule has 0 aromatic rings. The molecule has 0 bridgehead atoms. The van der Waals surface area contributed by atoms with Gasteiger partial charge >= 0.3 is 0 Å². The van der Waals surface area contributed by atoms with Crippen LogP contribution in [-0.2, 0) is 0 Å². The van der Waals surface area contributed by atoms with Gasteiger partial charge in [0.25, 0.3) is 0 Å². The first-order valence-electron chi connectivity index (χ1n) is 6.64. The summed E-state index contributed by atoms with van der Waals surface area (Å²) in [6.07, 6.45) is 10.2. The van der Waals surface area contributed by atoms with E-state index in [1.807, 2.05) is 0 Å². The number of nitrogens with one attached hydrogen (secondary N) is 2. The predicted molar refractivity (Wildman–Crippen MR) is 69.2 cm³/mol. The van der Waals surface area contributed by atoms with Crippen LogP contribution in [0.2, 0.25) is 0 Å². The quantitative estimate of drug-likeness (QED) is 0.171. The standard InChI is InChI=1S/C12H26N4/c1-2-3-10-14-12(16-13)15-11-8-6-4-5-7-9-11/h11H,2-10,13H2,1H3,(H2,14,15,16). The number of hydrogen-bond acceptors (Lipinski definition) is 2. The van der Waals surface area contributed by atoms with Crippen molar-refractivity contribution in [2.45, 2.75) is 64.3 Å². The summed E-state index contributed by atoms with van der Waals surface area (Å²) in [7, 11) is 0. The van der Waals surface area contributed by atoms with Crippen molar-refractivity contribution >= 4 is 5.96 Å². The molecule has 4 N–H and O–H groups in total. The second-order valence-corrected chi connectivity index (χ2v) is 4.56. The fourth-order valence-corrected chi connectivity index (χ4v) is 2.10. The summed E-state index contributed by atoms with van der Waals surface area (Å²) in [5, 5.41) is 3.42. The Labute approximate surface area is 99.1 Å². The van der Waals surface area contributed by atoms with Gasteiger partial charge in [0.15, 0.2) is 0 Å². The van der Waals surface area contributed by atoms with Crippen LogP contribution < -0.4 is 16.6 Å². The Morgan fingerprint density at radius 3 is 2.50 bits per heavy atom. The van der Waals surface area contributed by atoms with Gasteiger partial charge in [0.2, 0.25) is 5.96 Å². The van der Waals surface area contributed by atoms with Crippen LogP contribution in [0.5, 0.6) is 0 Å². The normalized spacial score (nSPS) is 19.2. The van der Waals surface area contributed by atoms with E-state index in [0.717, 1.165) is 18.9 Å². The largest absolute Gasteiger partial charge is 0.353 e. The van der Waals surface area contributed by atoms with E-state index in [0.29, 0.717) is 6.04 Å². The summed E-state index contributed by atoms with van der Waals surface area (Å²) in [6, 6.07) is 0.555. The number of guanidine groups is 1. The molecule has 0 aromatic carbocycles. The SMILES string of the molecule is CCCCN=C(NN)NC1CCCCCC1. The van der Waals surface area contributed by atoms with Crippen molar-refractivity contribution in [2.24, 2.45) is 10.8 Å². The summed E-state index contributed by atoms with van der Waals surface area (Å²) in [5.41, 5.74) is 2.67. The fraction of sp³-hybridized carbons (Fsp3) is 0.917. The van der Waals surface area contributed by atoms with Gasteiger partial charge < -0.3 is 5.32 Å².